The molecule has 4 heteroatoms. The highest BCUT2D eigenvalue weighted by Gasteiger charge is 2.22. The lowest BCUT2D eigenvalue weighted by molar-refractivity contribution is 0.0538. The van der Waals surface area contributed by atoms with Crippen molar-refractivity contribution in [1.82, 2.24) is 5.32 Å². The van der Waals surface area contributed by atoms with E-state index in [0.29, 0.717) is 5.92 Å². The van der Waals surface area contributed by atoms with Crippen molar-refractivity contribution in [3.8, 4) is 0 Å². The van der Waals surface area contributed by atoms with E-state index < -0.39 is 0 Å². The summed E-state index contributed by atoms with van der Waals surface area (Å²) in [6.45, 7) is 3.70. The summed E-state index contributed by atoms with van der Waals surface area (Å²) in [5, 5.41) is 3.91. The quantitative estimate of drug-likeness (QED) is 0.864. The number of nitrogens with one attached hydrogen (secondary N) is 1. The zero-order valence-corrected chi connectivity index (χ0v) is 12.8. The highest BCUT2D eigenvalue weighted by atomic mass is 79.9. The molecule has 3 nitrogen and oxygen atoms in total. The zero-order valence-electron chi connectivity index (χ0n) is 11.2. The molecule has 0 bridgehead atoms. The fraction of sp³-hybridized carbons (Fsp3) is 0.533. The van der Waals surface area contributed by atoms with Gasteiger partial charge in [-0.05, 0) is 43.4 Å². The second-order valence-electron chi connectivity index (χ2n) is 5.04. The fourth-order valence-electron chi connectivity index (χ4n) is 2.37. The summed E-state index contributed by atoms with van der Waals surface area (Å²) < 4.78 is 5.35. The van der Waals surface area contributed by atoms with Crippen LogP contribution in [-0.2, 0) is 10.1 Å². The van der Waals surface area contributed by atoms with E-state index in [2.05, 4.69) is 28.2 Å². The lowest BCUT2D eigenvalue weighted by Gasteiger charge is -2.28. The molecule has 1 aromatic rings. The van der Waals surface area contributed by atoms with Crippen LogP contribution in [0.1, 0.15) is 35.7 Å². The Morgan fingerprint density at radius 1 is 1.37 bits per heavy atom. The molecule has 1 aliphatic rings. The summed E-state index contributed by atoms with van der Waals surface area (Å²) in [4.78, 5) is 12.1. The van der Waals surface area contributed by atoms with Gasteiger partial charge < -0.3 is 10.1 Å². The SMILES string of the molecule is CC(NC(=O)c1ccc(CBr)cc1)C1CCOCC1. The van der Waals surface area contributed by atoms with Gasteiger partial charge in [0.05, 0.1) is 0 Å². The molecule has 1 fully saturated rings. The van der Waals surface area contributed by atoms with Crippen molar-refractivity contribution in [2.24, 2.45) is 5.92 Å². The summed E-state index contributed by atoms with van der Waals surface area (Å²) in [6, 6.07) is 7.91. The van der Waals surface area contributed by atoms with Gasteiger partial charge in [-0.3, -0.25) is 4.79 Å². The number of amides is 1. The van der Waals surface area contributed by atoms with Crippen molar-refractivity contribution in [2.45, 2.75) is 31.1 Å². The van der Waals surface area contributed by atoms with E-state index in [9.17, 15) is 4.79 Å². The predicted molar refractivity (Wildman–Crippen MR) is 79.5 cm³/mol. The zero-order chi connectivity index (χ0) is 13.7. The molecule has 0 radical (unpaired) electrons. The van der Waals surface area contributed by atoms with Gasteiger partial charge in [-0.25, -0.2) is 0 Å². The Bertz CT molecular complexity index is 413. The van der Waals surface area contributed by atoms with Crippen LogP contribution >= 0.6 is 15.9 Å². The number of hydrogen-bond acceptors (Lipinski definition) is 2. The molecular formula is C15H20BrNO2. The molecule has 0 saturated carbocycles. The Kier molecular flexibility index (Phi) is 5.40. The van der Waals surface area contributed by atoms with Gasteiger partial charge in [0, 0.05) is 30.1 Å². The van der Waals surface area contributed by atoms with Crippen molar-refractivity contribution in [3.05, 3.63) is 35.4 Å². The topological polar surface area (TPSA) is 38.3 Å². The van der Waals surface area contributed by atoms with Crippen LogP contribution in [0.3, 0.4) is 0 Å². The lowest BCUT2D eigenvalue weighted by atomic mass is 9.93. The second-order valence-corrected chi connectivity index (χ2v) is 5.60. The minimum Gasteiger partial charge on any atom is -0.381 e. The molecule has 0 aliphatic carbocycles. The van der Waals surface area contributed by atoms with Crippen molar-refractivity contribution < 1.29 is 9.53 Å². The maximum atomic E-state index is 12.1. The number of hydrogen-bond donors (Lipinski definition) is 1. The van der Waals surface area contributed by atoms with Gasteiger partial charge in [0.1, 0.15) is 0 Å². The molecule has 1 aromatic carbocycles. The molecular weight excluding hydrogens is 306 g/mol. The number of rotatable bonds is 4. The third-order valence-electron chi connectivity index (χ3n) is 3.70. The van der Waals surface area contributed by atoms with Gasteiger partial charge in [0.2, 0.25) is 0 Å². The van der Waals surface area contributed by atoms with Gasteiger partial charge in [-0.1, -0.05) is 28.1 Å². The van der Waals surface area contributed by atoms with Crippen LogP contribution in [-0.4, -0.2) is 25.2 Å². The molecule has 1 N–H and O–H groups in total. The van der Waals surface area contributed by atoms with Crippen molar-refractivity contribution in [1.29, 1.82) is 0 Å². The number of benzene rings is 1. The Hall–Kier alpha value is -0.870. The summed E-state index contributed by atoms with van der Waals surface area (Å²) in [7, 11) is 0. The van der Waals surface area contributed by atoms with Crippen LogP contribution in [0.15, 0.2) is 24.3 Å². The maximum absolute atomic E-state index is 12.1. The number of alkyl halides is 1. The molecule has 1 heterocycles. The first-order valence-corrected chi connectivity index (χ1v) is 7.86. The van der Waals surface area contributed by atoms with Gasteiger partial charge in [0.25, 0.3) is 5.91 Å². The molecule has 1 saturated heterocycles. The third-order valence-corrected chi connectivity index (χ3v) is 4.35. The smallest absolute Gasteiger partial charge is 0.251 e. The summed E-state index contributed by atoms with van der Waals surface area (Å²) in [5.74, 6) is 0.541. The van der Waals surface area contributed by atoms with Gasteiger partial charge in [0.15, 0.2) is 0 Å². The van der Waals surface area contributed by atoms with Crippen LogP contribution < -0.4 is 5.32 Å². The highest BCUT2D eigenvalue weighted by molar-refractivity contribution is 9.08. The van der Waals surface area contributed by atoms with Crippen LogP contribution in [0.4, 0.5) is 0 Å². The maximum Gasteiger partial charge on any atom is 0.251 e. The standard InChI is InChI=1S/C15H20BrNO2/c1-11(13-6-8-19-9-7-13)17-15(18)14-4-2-12(10-16)3-5-14/h2-5,11,13H,6-10H2,1H3,(H,17,18). The highest BCUT2D eigenvalue weighted by Crippen LogP contribution is 2.19. The Labute approximate surface area is 122 Å². The number of halogens is 1. The minimum absolute atomic E-state index is 0.0140. The van der Waals surface area contributed by atoms with E-state index in [4.69, 9.17) is 4.74 Å². The van der Waals surface area contributed by atoms with E-state index in [1.54, 1.807) is 0 Å². The van der Waals surface area contributed by atoms with E-state index in [1.165, 1.54) is 5.56 Å². The average molecular weight is 326 g/mol. The first-order valence-electron chi connectivity index (χ1n) is 6.74. The number of carbonyl (C=O) groups excluding carboxylic acids is 1. The lowest BCUT2D eigenvalue weighted by Crippen LogP contribution is -2.40. The number of ether oxygens (including phenoxy) is 1. The first kappa shape index (κ1) is 14.5. The summed E-state index contributed by atoms with van der Waals surface area (Å²) in [5.41, 5.74) is 1.90. The molecule has 19 heavy (non-hydrogen) atoms. The van der Waals surface area contributed by atoms with Crippen molar-refractivity contribution >= 4 is 21.8 Å². The molecule has 0 aromatic heterocycles. The fourth-order valence-corrected chi connectivity index (χ4v) is 2.74. The molecule has 1 unspecified atom stereocenters. The van der Waals surface area contributed by atoms with Gasteiger partial charge >= 0.3 is 0 Å². The Morgan fingerprint density at radius 2 is 2.00 bits per heavy atom. The van der Waals surface area contributed by atoms with E-state index >= 15 is 0 Å². The van der Waals surface area contributed by atoms with E-state index in [-0.39, 0.29) is 11.9 Å². The summed E-state index contributed by atoms with van der Waals surface area (Å²) >= 11 is 3.40. The first-order chi connectivity index (χ1) is 9.20. The van der Waals surface area contributed by atoms with Crippen molar-refractivity contribution in [3.63, 3.8) is 0 Å². The van der Waals surface area contributed by atoms with Gasteiger partial charge in [-0.2, -0.15) is 0 Å². The van der Waals surface area contributed by atoms with E-state index in [0.717, 1.165) is 36.9 Å². The predicted octanol–water partition coefficient (Wildman–Crippen LogP) is 3.13. The molecule has 1 amide bonds. The Balaban J connectivity index is 1.91. The largest absolute Gasteiger partial charge is 0.381 e. The van der Waals surface area contributed by atoms with Crippen LogP contribution in [0.25, 0.3) is 0 Å². The van der Waals surface area contributed by atoms with Crippen LogP contribution in [0.5, 0.6) is 0 Å². The third kappa shape index (κ3) is 4.05. The second kappa shape index (κ2) is 7.06. The van der Waals surface area contributed by atoms with Crippen LogP contribution in [0, 0.1) is 5.92 Å². The van der Waals surface area contributed by atoms with E-state index in [1.807, 2.05) is 24.3 Å². The molecule has 1 atom stereocenters. The Morgan fingerprint density at radius 3 is 2.58 bits per heavy atom. The normalized spacial score (nSPS) is 18.0. The molecule has 1 aliphatic heterocycles. The summed E-state index contributed by atoms with van der Waals surface area (Å²) in [6.07, 6.45) is 2.06. The number of carbonyl (C=O) groups is 1. The molecule has 104 valence electrons. The van der Waals surface area contributed by atoms with Crippen molar-refractivity contribution in [2.75, 3.05) is 13.2 Å². The van der Waals surface area contributed by atoms with Crippen LogP contribution in [0.2, 0.25) is 0 Å². The average Bonchev–Trinajstić information content (AvgIpc) is 2.48. The molecule has 0 spiro atoms. The van der Waals surface area contributed by atoms with Gasteiger partial charge in [-0.15, -0.1) is 0 Å². The molecule has 2 rings (SSSR count). The minimum atomic E-state index is 0.0140. The monoisotopic (exact) mass is 325 g/mol.